The lowest BCUT2D eigenvalue weighted by Crippen LogP contribution is -3.00. The second-order valence-corrected chi connectivity index (χ2v) is 8.51. The molecule has 7 heteroatoms. The van der Waals surface area contributed by atoms with Gasteiger partial charge in [0.05, 0.1) is 20.2 Å². The van der Waals surface area contributed by atoms with Crippen molar-refractivity contribution >= 4 is 5.97 Å². The number of morpholine rings is 1. The molecule has 1 aromatic carbocycles. The molecule has 0 spiro atoms. The molecule has 28 heavy (non-hydrogen) atoms. The molecular weight excluding hydrogens is 426 g/mol. The standard InChI is InChI=1S/C21H30NO5.BrH/c1-3-4-10-22(2)16-11-15(12-17(22)19-18(16)27-19)26-20(24)21(25,13-23)14-8-6-5-7-9-14;/h5-9,15-19,23,25H,3-4,10-13H2,1-2H3;1H/q+1;/p-1/t15?,16-,17+,18-,19+,21?,22?;. The Labute approximate surface area is 176 Å². The molecule has 0 amide bonds. The number of ether oxygens (including phenoxy) is 2. The Morgan fingerprint density at radius 3 is 2.39 bits per heavy atom. The van der Waals surface area contributed by atoms with Crippen LogP contribution in [-0.2, 0) is 19.9 Å². The van der Waals surface area contributed by atoms with E-state index in [4.69, 9.17) is 9.47 Å². The minimum absolute atomic E-state index is 0. The quantitative estimate of drug-likeness (QED) is 0.292. The highest BCUT2D eigenvalue weighted by atomic mass is 79.9. The maximum absolute atomic E-state index is 12.8. The smallest absolute Gasteiger partial charge is 0.345 e. The van der Waals surface area contributed by atoms with Crippen LogP contribution < -0.4 is 17.0 Å². The third kappa shape index (κ3) is 3.41. The summed E-state index contributed by atoms with van der Waals surface area (Å²) in [6.45, 7) is 2.64. The number of carbonyl (C=O) groups excluding carboxylic acids is 1. The number of aliphatic hydroxyl groups is 2. The summed E-state index contributed by atoms with van der Waals surface area (Å²) in [5.74, 6) is -0.764. The summed E-state index contributed by atoms with van der Waals surface area (Å²) in [7, 11) is 2.31. The zero-order valence-corrected chi connectivity index (χ0v) is 18.0. The molecule has 0 aromatic heterocycles. The van der Waals surface area contributed by atoms with E-state index in [0.29, 0.717) is 17.6 Å². The van der Waals surface area contributed by atoms with Crippen LogP contribution in [0.15, 0.2) is 30.3 Å². The van der Waals surface area contributed by atoms with Crippen molar-refractivity contribution in [3.05, 3.63) is 35.9 Å². The Balaban J connectivity index is 0.00000225. The highest BCUT2D eigenvalue weighted by Gasteiger charge is 2.71. The van der Waals surface area contributed by atoms with E-state index in [9.17, 15) is 15.0 Å². The molecule has 3 aliphatic rings. The van der Waals surface area contributed by atoms with Crippen molar-refractivity contribution < 1.29 is 45.9 Å². The number of benzene rings is 1. The van der Waals surface area contributed by atoms with Crippen molar-refractivity contribution in [2.45, 2.75) is 68.6 Å². The molecule has 3 heterocycles. The fraction of sp³-hybridized carbons (Fsp3) is 0.667. The third-order valence-corrected chi connectivity index (χ3v) is 6.93. The molecule has 156 valence electrons. The molecule has 3 aliphatic heterocycles. The number of rotatable bonds is 7. The average molecular weight is 456 g/mol. The van der Waals surface area contributed by atoms with Crippen LogP contribution in [0.2, 0.25) is 0 Å². The van der Waals surface area contributed by atoms with E-state index >= 15 is 0 Å². The molecule has 2 N–H and O–H groups in total. The van der Waals surface area contributed by atoms with Crippen molar-refractivity contribution in [3.63, 3.8) is 0 Å². The predicted molar refractivity (Wildman–Crippen MR) is 98.7 cm³/mol. The first-order chi connectivity index (χ1) is 12.9. The highest BCUT2D eigenvalue weighted by Crippen LogP contribution is 2.53. The van der Waals surface area contributed by atoms with Crippen LogP contribution in [0, 0.1) is 0 Å². The van der Waals surface area contributed by atoms with E-state index in [1.54, 1.807) is 30.3 Å². The maximum atomic E-state index is 12.8. The number of epoxide rings is 1. The number of piperidine rings is 1. The first-order valence-corrected chi connectivity index (χ1v) is 10.0. The first kappa shape index (κ1) is 21.7. The summed E-state index contributed by atoms with van der Waals surface area (Å²) < 4.78 is 12.6. The Morgan fingerprint density at radius 1 is 1.25 bits per heavy atom. The van der Waals surface area contributed by atoms with Crippen LogP contribution in [-0.4, -0.2) is 71.3 Å². The van der Waals surface area contributed by atoms with Crippen LogP contribution in [0.5, 0.6) is 0 Å². The number of halogens is 1. The molecule has 3 saturated heterocycles. The largest absolute Gasteiger partial charge is 1.00 e. The third-order valence-electron chi connectivity index (χ3n) is 6.93. The van der Waals surface area contributed by atoms with Gasteiger partial charge in [-0.3, -0.25) is 0 Å². The summed E-state index contributed by atoms with van der Waals surface area (Å²) in [5.41, 5.74) is -1.66. The normalized spacial score (nSPS) is 37.4. The molecule has 1 aromatic rings. The van der Waals surface area contributed by atoms with Gasteiger partial charge >= 0.3 is 5.97 Å². The Morgan fingerprint density at radius 2 is 1.86 bits per heavy atom. The molecule has 0 aliphatic carbocycles. The van der Waals surface area contributed by atoms with Gasteiger partial charge in [0, 0.05) is 12.8 Å². The maximum Gasteiger partial charge on any atom is 0.345 e. The lowest BCUT2D eigenvalue weighted by molar-refractivity contribution is -0.956. The Kier molecular flexibility index (Phi) is 6.23. The summed E-state index contributed by atoms with van der Waals surface area (Å²) in [5, 5.41) is 20.5. The summed E-state index contributed by atoms with van der Waals surface area (Å²) >= 11 is 0. The van der Waals surface area contributed by atoms with E-state index < -0.39 is 18.2 Å². The van der Waals surface area contributed by atoms with Gasteiger partial charge in [0.15, 0.2) is 0 Å². The molecule has 3 fully saturated rings. The number of esters is 1. The van der Waals surface area contributed by atoms with E-state index in [1.165, 1.54) is 12.8 Å². The molecule has 3 unspecified atom stereocenters. The zero-order chi connectivity index (χ0) is 19.2. The second-order valence-electron chi connectivity index (χ2n) is 8.51. The number of carbonyl (C=O) groups is 1. The number of fused-ring (bicyclic) bond motifs is 5. The van der Waals surface area contributed by atoms with Crippen molar-refractivity contribution in [2.75, 3.05) is 20.2 Å². The topological polar surface area (TPSA) is 79.3 Å². The minimum atomic E-state index is -2.02. The molecular formula is C21H30BrNO5. The van der Waals surface area contributed by atoms with Gasteiger partial charge in [-0.2, -0.15) is 0 Å². The molecule has 0 saturated carbocycles. The average Bonchev–Trinajstić information content (AvgIpc) is 3.45. The Hall–Kier alpha value is -0.990. The second kappa shape index (κ2) is 8.03. The number of likely N-dealkylation sites (N-methyl/N-ethyl adjacent to an activating group) is 1. The molecule has 7 atom stereocenters. The number of hydrogen-bond acceptors (Lipinski definition) is 5. The van der Waals surface area contributed by atoms with Crippen molar-refractivity contribution in [3.8, 4) is 0 Å². The summed E-state index contributed by atoms with van der Waals surface area (Å²) in [6, 6.07) is 9.20. The van der Waals surface area contributed by atoms with E-state index in [-0.39, 0.29) is 35.3 Å². The van der Waals surface area contributed by atoms with Gasteiger partial charge in [-0.05, 0) is 12.0 Å². The SMILES string of the molecule is CCCC[N+]1(C)[C@@H]2CC(OC(=O)C(O)(CO)c3ccccc3)C[C@H]1[C@@H]1O[C@@H]12.[Br-]. The fourth-order valence-corrected chi connectivity index (χ4v) is 5.22. The zero-order valence-electron chi connectivity index (χ0n) is 16.5. The molecule has 2 bridgehead atoms. The van der Waals surface area contributed by atoms with E-state index in [1.807, 2.05) is 0 Å². The monoisotopic (exact) mass is 455 g/mol. The molecule has 0 radical (unpaired) electrons. The van der Waals surface area contributed by atoms with E-state index in [2.05, 4.69) is 14.0 Å². The van der Waals surface area contributed by atoms with Gasteiger partial charge in [0.1, 0.15) is 30.4 Å². The van der Waals surface area contributed by atoms with Gasteiger partial charge in [0.2, 0.25) is 5.60 Å². The van der Waals surface area contributed by atoms with Gasteiger partial charge < -0.3 is 41.2 Å². The highest BCUT2D eigenvalue weighted by molar-refractivity contribution is 5.81. The summed E-state index contributed by atoms with van der Waals surface area (Å²) in [6.07, 6.45) is 4.19. The minimum Gasteiger partial charge on any atom is -1.00 e. The van der Waals surface area contributed by atoms with Gasteiger partial charge in [-0.15, -0.1) is 0 Å². The van der Waals surface area contributed by atoms with Crippen LogP contribution in [0.1, 0.15) is 38.2 Å². The van der Waals surface area contributed by atoms with Crippen LogP contribution >= 0.6 is 0 Å². The van der Waals surface area contributed by atoms with Crippen LogP contribution in [0.4, 0.5) is 0 Å². The van der Waals surface area contributed by atoms with Gasteiger partial charge in [0.25, 0.3) is 0 Å². The lowest BCUT2D eigenvalue weighted by atomic mass is 9.93. The van der Waals surface area contributed by atoms with Crippen molar-refractivity contribution in [2.24, 2.45) is 0 Å². The molecule has 6 nitrogen and oxygen atoms in total. The van der Waals surface area contributed by atoms with Gasteiger partial charge in [-0.25, -0.2) is 4.79 Å². The number of hydrogen-bond donors (Lipinski definition) is 2. The Bertz CT molecular complexity index is 683. The number of aliphatic hydroxyl groups excluding tert-OH is 1. The predicted octanol–water partition coefficient (Wildman–Crippen LogP) is -1.66. The van der Waals surface area contributed by atoms with Gasteiger partial charge in [-0.1, -0.05) is 43.7 Å². The van der Waals surface area contributed by atoms with Crippen LogP contribution in [0.3, 0.4) is 0 Å². The molecule has 4 rings (SSSR count). The fourth-order valence-electron chi connectivity index (χ4n) is 5.22. The van der Waals surface area contributed by atoms with E-state index in [0.717, 1.165) is 23.9 Å². The number of quaternary nitrogens is 1. The first-order valence-electron chi connectivity index (χ1n) is 10.0. The van der Waals surface area contributed by atoms with Crippen molar-refractivity contribution in [1.29, 1.82) is 0 Å². The number of nitrogens with zero attached hydrogens (tertiary/aromatic N) is 1. The lowest BCUT2D eigenvalue weighted by Gasteiger charge is -2.48. The van der Waals surface area contributed by atoms with Crippen molar-refractivity contribution in [1.82, 2.24) is 0 Å². The summed E-state index contributed by atoms with van der Waals surface area (Å²) in [4.78, 5) is 12.8. The van der Waals surface area contributed by atoms with Crippen LogP contribution in [0.25, 0.3) is 0 Å². The number of unbranched alkanes of at least 4 members (excludes halogenated alkanes) is 1.